The molecule has 4 rings (SSSR count). The van der Waals surface area contributed by atoms with Crippen LogP contribution in [0.25, 0.3) is 0 Å². The summed E-state index contributed by atoms with van der Waals surface area (Å²) in [5, 5.41) is 8.79. The predicted octanol–water partition coefficient (Wildman–Crippen LogP) is -0.602. The Kier molecular flexibility index (Phi) is 4.01. The first-order valence-electron chi connectivity index (χ1n) is 8.40. The van der Waals surface area contributed by atoms with Gasteiger partial charge in [0.25, 0.3) is 0 Å². The maximum atomic E-state index is 12.5. The molecule has 1 aromatic heterocycles. The van der Waals surface area contributed by atoms with Crippen molar-refractivity contribution in [2.45, 2.75) is 49.7 Å². The third kappa shape index (κ3) is 3.08. The van der Waals surface area contributed by atoms with Crippen molar-refractivity contribution in [3.8, 4) is 0 Å². The van der Waals surface area contributed by atoms with Gasteiger partial charge >= 0.3 is 16.4 Å². The lowest BCUT2D eigenvalue weighted by Crippen LogP contribution is -2.37. The monoisotopic (exact) mass is 401 g/mol. The molecule has 2 amide bonds. The van der Waals surface area contributed by atoms with E-state index in [2.05, 4.69) is 19.5 Å². The van der Waals surface area contributed by atoms with E-state index in [-0.39, 0.29) is 24.3 Å². The quantitative estimate of drug-likeness (QED) is 0.326. The number of aliphatic imine (C=N–C) groups is 1. The maximum Gasteiger partial charge on any atom is 0.418 e. The summed E-state index contributed by atoms with van der Waals surface area (Å²) in [6.07, 6.45) is 3.19. The van der Waals surface area contributed by atoms with Crippen LogP contribution in [0, 0.1) is 0 Å². The average Bonchev–Trinajstić information content (AvgIpc) is 3.11. The number of aromatic nitrogens is 2. The number of guanidine groups is 1. The Morgan fingerprint density at radius 2 is 2.07 bits per heavy atom. The van der Waals surface area contributed by atoms with Gasteiger partial charge in [0.05, 0.1) is 6.04 Å². The molecular formula is C13H19N7O6S. The van der Waals surface area contributed by atoms with Gasteiger partial charge in [0, 0.05) is 6.54 Å². The highest BCUT2D eigenvalue weighted by atomic mass is 32.3. The molecular weight excluding hydrogens is 382 g/mol. The van der Waals surface area contributed by atoms with E-state index in [1.54, 1.807) is 0 Å². The van der Waals surface area contributed by atoms with Gasteiger partial charge in [0.15, 0.2) is 5.96 Å². The molecule has 3 heterocycles. The number of rotatable bonds is 5. The second-order valence-corrected chi connectivity index (χ2v) is 7.88. The summed E-state index contributed by atoms with van der Waals surface area (Å²) in [6, 6.07) is -1.71. The van der Waals surface area contributed by atoms with Crippen molar-refractivity contribution in [1.29, 1.82) is 0 Å². The fourth-order valence-electron chi connectivity index (χ4n) is 3.78. The van der Waals surface area contributed by atoms with Gasteiger partial charge in [0.1, 0.15) is 11.6 Å². The first-order valence-corrected chi connectivity index (χ1v) is 9.76. The van der Waals surface area contributed by atoms with Crippen LogP contribution in [-0.2, 0) is 20.2 Å². The molecule has 5 N–H and O–H groups in total. The topological polar surface area (TPSA) is 190 Å². The second-order valence-electron chi connectivity index (χ2n) is 6.88. The van der Waals surface area contributed by atoms with Gasteiger partial charge in [-0.05, 0) is 32.1 Å². The van der Waals surface area contributed by atoms with E-state index in [4.69, 9.17) is 20.4 Å². The highest BCUT2D eigenvalue weighted by Crippen LogP contribution is 2.45. The molecule has 2 saturated heterocycles. The summed E-state index contributed by atoms with van der Waals surface area (Å²) in [5.74, 6) is 0.446. The van der Waals surface area contributed by atoms with E-state index < -0.39 is 34.1 Å². The molecule has 3 aliphatic rings. The van der Waals surface area contributed by atoms with Crippen molar-refractivity contribution in [2.24, 2.45) is 16.5 Å². The van der Waals surface area contributed by atoms with Crippen LogP contribution in [-0.4, -0.2) is 57.7 Å². The van der Waals surface area contributed by atoms with Crippen LogP contribution in [0.4, 0.5) is 4.79 Å². The lowest BCUT2D eigenvalue weighted by molar-refractivity contribution is -0.0317. The number of carbonyl (C=O) groups is 1. The number of amides is 2. The Morgan fingerprint density at radius 3 is 2.67 bits per heavy atom. The van der Waals surface area contributed by atoms with Gasteiger partial charge in [-0.15, -0.1) is 14.5 Å². The molecule has 0 aromatic carbocycles. The average molecular weight is 401 g/mol. The van der Waals surface area contributed by atoms with E-state index >= 15 is 0 Å². The summed E-state index contributed by atoms with van der Waals surface area (Å²) in [7, 11) is -4.80. The molecule has 27 heavy (non-hydrogen) atoms. The van der Waals surface area contributed by atoms with Gasteiger partial charge in [-0.25, -0.2) is 9.79 Å². The fourth-order valence-corrected chi connectivity index (χ4v) is 4.17. The minimum atomic E-state index is -4.80. The first-order chi connectivity index (χ1) is 12.7. The number of nitrogens with two attached hydrogens (primary N) is 2. The third-order valence-electron chi connectivity index (χ3n) is 5.14. The van der Waals surface area contributed by atoms with Crippen molar-refractivity contribution >= 4 is 22.4 Å². The van der Waals surface area contributed by atoms with Gasteiger partial charge in [-0.3, -0.25) is 4.55 Å². The van der Waals surface area contributed by atoms with E-state index in [0.29, 0.717) is 30.7 Å². The lowest BCUT2D eigenvalue weighted by atomic mass is 9.77. The summed E-state index contributed by atoms with van der Waals surface area (Å²) in [6.45, 7) is 0.218. The molecule has 148 valence electrons. The van der Waals surface area contributed by atoms with E-state index in [9.17, 15) is 13.2 Å². The number of hydrogen-bond acceptors (Lipinski definition) is 8. The van der Waals surface area contributed by atoms with Crippen molar-refractivity contribution < 1.29 is 26.5 Å². The van der Waals surface area contributed by atoms with Crippen LogP contribution in [0.15, 0.2) is 9.41 Å². The van der Waals surface area contributed by atoms with Crippen molar-refractivity contribution in [2.75, 3.05) is 6.54 Å². The van der Waals surface area contributed by atoms with Crippen LogP contribution in [0.1, 0.15) is 49.9 Å². The molecule has 3 fully saturated rings. The molecule has 1 aromatic rings. The Balaban J connectivity index is 1.57. The number of fused-ring (bicyclic) bond motifs is 2. The number of urea groups is 1. The SMILES string of the molecule is NC(N)=NC1(c2nnc([C@@H]3CC[C@@H]4CN3C(=O)N4OS(=O)(=O)O)o2)CCC1. The van der Waals surface area contributed by atoms with Crippen molar-refractivity contribution in [1.82, 2.24) is 20.2 Å². The number of piperidine rings is 1. The van der Waals surface area contributed by atoms with Crippen molar-refractivity contribution in [3.05, 3.63) is 11.8 Å². The largest absolute Gasteiger partial charge is 0.420 e. The van der Waals surface area contributed by atoms with E-state index in [1.807, 2.05) is 0 Å². The second kappa shape index (κ2) is 6.03. The molecule has 2 atom stereocenters. The number of hydroxylamine groups is 2. The Hall–Kier alpha value is -2.45. The number of nitrogens with zero attached hydrogens (tertiary/aromatic N) is 5. The zero-order chi connectivity index (χ0) is 19.4. The minimum Gasteiger partial charge on any atom is -0.420 e. The Morgan fingerprint density at radius 1 is 1.33 bits per heavy atom. The molecule has 0 radical (unpaired) electrons. The summed E-state index contributed by atoms with van der Waals surface area (Å²) in [5.41, 5.74) is 10.3. The van der Waals surface area contributed by atoms with Gasteiger partial charge in [-0.1, -0.05) is 0 Å². The highest BCUT2D eigenvalue weighted by Gasteiger charge is 2.50. The van der Waals surface area contributed by atoms with Crippen LogP contribution in [0.2, 0.25) is 0 Å². The van der Waals surface area contributed by atoms with E-state index in [1.165, 1.54) is 4.90 Å². The first kappa shape index (κ1) is 17.9. The van der Waals surface area contributed by atoms with Gasteiger partial charge in [0.2, 0.25) is 11.8 Å². The Labute approximate surface area is 154 Å². The molecule has 13 nitrogen and oxygen atoms in total. The molecule has 0 unspecified atom stereocenters. The van der Waals surface area contributed by atoms with Crippen molar-refractivity contribution in [3.63, 3.8) is 0 Å². The zero-order valence-electron chi connectivity index (χ0n) is 14.2. The fraction of sp³-hybridized carbons (Fsp3) is 0.692. The minimum absolute atomic E-state index is 0.0670. The molecule has 2 bridgehead atoms. The Bertz CT molecular complexity index is 891. The van der Waals surface area contributed by atoms with E-state index in [0.717, 1.165) is 6.42 Å². The molecule has 1 aliphatic carbocycles. The van der Waals surface area contributed by atoms with Crippen LogP contribution < -0.4 is 11.5 Å². The standard InChI is InChI=1S/C13H19N7O6S/c14-11(15)16-13(4-1-5-13)10-18-17-9(25-10)8-3-2-7-6-19(8)12(21)20(7)26-27(22,23)24/h7-8H,1-6H2,(H4,14,15,16)(H,22,23,24)/t7-,8+/m1/s1. The number of carbonyl (C=O) groups excluding carboxylic acids is 1. The number of hydrogen-bond donors (Lipinski definition) is 3. The molecule has 2 aliphatic heterocycles. The lowest BCUT2D eigenvalue weighted by Gasteiger charge is -2.34. The molecule has 1 saturated carbocycles. The smallest absolute Gasteiger partial charge is 0.418 e. The predicted molar refractivity (Wildman–Crippen MR) is 88.0 cm³/mol. The van der Waals surface area contributed by atoms with Crippen LogP contribution >= 0.6 is 0 Å². The normalized spacial score (nSPS) is 26.8. The molecule has 0 spiro atoms. The molecule has 14 heteroatoms. The van der Waals surface area contributed by atoms with Crippen LogP contribution in [0.3, 0.4) is 0 Å². The summed E-state index contributed by atoms with van der Waals surface area (Å²) < 4.78 is 41.0. The maximum absolute atomic E-state index is 12.5. The third-order valence-corrected chi connectivity index (χ3v) is 5.49. The van der Waals surface area contributed by atoms with Crippen LogP contribution in [0.5, 0.6) is 0 Å². The van der Waals surface area contributed by atoms with Gasteiger partial charge < -0.3 is 20.8 Å². The summed E-state index contributed by atoms with van der Waals surface area (Å²) in [4.78, 5) is 18.1. The highest BCUT2D eigenvalue weighted by molar-refractivity contribution is 7.80. The zero-order valence-corrected chi connectivity index (χ0v) is 15.0. The van der Waals surface area contributed by atoms with Gasteiger partial charge in [-0.2, -0.15) is 13.5 Å². The summed E-state index contributed by atoms with van der Waals surface area (Å²) >= 11 is 0.